The fourth-order valence-electron chi connectivity index (χ4n) is 1.28. The third-order valence-corrected chi connectivity index (χ3v) is 1.95. The SMILES string of the molecule is Cc1cccc(C[N-][n+]2cc(N)on2)c1. The summed E-state index contributed by atoms with van der Waals surface area (Å²) in [5, 5.41) is 3.60. The molecule has 1 aromatic carbocycles. The summed E-state index contributed by atoms with van der Waals surface area (Å²) in [5.74, 6) is 0.253. The van der Waals surface area contributed by atoms with Crippen LogP contribution < -0.4 is 10.5 Å². The quantitative estimate of drug-likeness (QED) is 0.763. The molecule has 0 aliphatic heterocycles. The molecule has 0 aliphatic rings. The Kier molecular flexibility index (Phi) is 2.53. The normalized spacial score (nSPS) is 10.2. The second-order valence-electron chi connectivity index (χ2n) is 3.31. The van der Waals surface area contributed by atoms with Gasteiger partial charge in [0.05, 0.1) is 0 Å². The Morgan fingerprint density at radius 3 is 3.07 bits per heavy atom. The third-order valence-electron chi connectivity index (χ3n) is 1.95. The maximum atomic E-state index is 5.36. The second-order valence-corrected chi connectivity index (χ2v) is 3.31. The third kappa shape index (κ3) is 2.46. The van der Waals surface area contributed by atoms with Crippen LogP contribution in [0.25, 0.3) is 5.43 Å². The van der Waals surface area contributed by atoms with E-state index >= 15 is 0 Å². The number of rotatable bonds is 3. The largest absolute Gasteiger partial charge is 0.382 e. The van der Waals surface area contributed by atoms with Gasteiger partial charge in [0.1, 0.15) is 0 Å². The van der Waals surface area contributed by atoms with Crippen LogP contribution in [-0.4, -0.2) is 5.27 Å². The highest BCUT2D eigenvalue weighted by Crippen LogP contribution is 2.06. The van der Waals surface area contributed by atoms with E-state index < -0.39 is 0 Å². The molecule has 5 nitrogen and oxygen atoms in total. The Morgan fingerprint density at radius 1 is 1.53 bits per heavy atom. The Labute approximate surface area is 87.4 Å². The van der Waals surface area contributed by atoms with Crippen LogP contribution in [0.4, 0.5) is 5.88 Å². The first-order valence-corrected chi connectivity index (χ1v) is 4.61. The van der Waals surface area contributed by atoms with Crippen LogP contribution in [0, 0.1) is 6.92 Å². The zero-order valence-electron chi connectivity index (χ0n) is 8.42. The van der Waals surface area contributed by atoms with Gasteiger partial charge in [0, 0.05) is 6.54 Å². The lowest BCUT2D eigenvalue weighted by molar-refractivity contribution is -0.698. The molecule has 0 aliphatic carbocycles. The van der Waals surface area contributed by atoms with Gasteiger partial charge in [-0.15, -0.1) is 0 Å². The van der Waals surface area contributed by atoms with E-state index in [2.05, 4.69) is 21.3 Å². The predicted molar refractivity (Wildman–Crippen MR) is 54.8 cm³/mol. The van der Waals surface area contributed by atoms with E-state index in [1.54, 1.807) is 0 Å². The zero-order valence-corrected chi connectivity index (χ0v) is 8.42. The van der Waals surface area contributed by atoms with Crippen molar-refractivity contribution in [3.05, 3.63) is 47.0 Å². The van der Waals surface area contributed by atoms with Gasteiger partial charge in [-0.25, -0.2) is 5.43 Å². The van der Waals surface area contributed by atoms with E-state index in [1.165, 1.54) is 16.6 Å². The highest BCUT2D eigenvalue weighted by Gasteiger charge is 1.99. The van der Waals surface area contributed by atoms with Crippen LogP contribution in [0.1, 0.15) is 11.1 Å². The molecule has 0 unspecified atom stereocenters. The second kappa shape index (κ2) is 4.00. The molecule has 78 valence electrons. The van der Waals surface area contributed by atoms with Crippen LogP contribution >= 0.6 is 0 Å². The van der Waals surface area contributed by atoms with Crippen molar-refractivity contribution < 1.29 is 9.31 Å². The Bertz CT molecular complexity index is 452. The molecule has 0 bridgehead atoms. The molecule has 2 rings (SSSR count). The highest BCUT2D eigenvalue weighted by atomic mass is 16.5. The van der Waals surface area contributed by atoms with Crippen molar-refractivity contribution in [2.45, 2.75) is 13.5 Å². The van der Waals surface area contributed by atoms with Crippen LogP contribution in [0.15, 0.2) is 35.0 Å². The molecule has 0 amide bonds. The van der Waals surface area contributed by atoms with Crippen molar-refractivity contribution in [2.75, 3.05) is 5.73 Å². The summed E-state index contributed by atoms with van der Waals surface area (Å²) in [6.07, 6.45) is 1.52. The van der Waals surface area contributed by atoms with Gasteiger partial charge in [-0.3, -0.25) is 0 Å². The van der Waals surface area contributed by atoms with Crippen molar-refractivity contribution in [1.82, 2.24) is 5.27 Å². The smallest absolute Gasteiger partial charge is 0.265 e. The lowest BCUT2D eigenvalue weighted by atomic mass is 10.1. The standard InChI is InChI=1S/C10H12N4O/c1-8-3-2-4-9(5-8)6-12-14-7-10(11)15-13-14/h2-5,7H,6,11H2,1H3. The van der Waals surface area contributed by atoms with E-state index in [4.69, 9.17) is 5.73 Å². The first-order valence-electron chi connectivity index (χ1n) is 4.61. The van der Waals surface area contributed by atoms with Crippen molar-refractivity contribution in [3.63, 3.8) is 0 Å². The lowest BCUT2D eigenvalue weighted by Crippen LogP contribution is -2.30. The number of hydrogen-bond acceptors (Lipinski definition) is 3. The molecule has 1 heterocycles. The van der Waals surface area contributed by atoms with Gasteiger partial charge in [-0.05, 0) is 17.8 Å². The zero-order chi connectivity index (χ0) is 10.7. The summed E-state index contributed by atoms with van der Waals surface area (Å²) in [5.41, 5.74) is 11.9. The molecule has 5 heteroatoms. The minimum Gasteiger partial charge on any atom is -0.382 e. The monoisotopic (exact) mass is 204 g/mol. The van der Waals surface area contributed by atoms with E-state index in [0.717, 1.165) is 5.56 Å². The molecule has 0 saturated heterocycles. The number of hydrogen-bond donors (Lipinski definition) is 1. The van der Waals surface area contributed by atoms with Crippen molar-refractivity contribution in [1.29, 1.82) is 0 Å². The summed E-state index contributed by atoms with van der Waals surface area (Å²) in [6, 6.07) is 8.14. The van der Waals surface area contributed by atoms with Crippen LogP contribution in [-0.2, 0) is 6.54 Å². The van der Waals surface area contributed by atoms with E-state index in [9.17, 15) is 0 Å². The number of nitrogens with two attached hydrogens (primary N) is 1. The first kappa shape index (κ1) is 9.51. The molecule has 0 atom stereocenters. The van der Waals surface area contributed by atoms with Crippen molar-refractivity contribution in [3.8, 4) is 0 Å². The molecular formula is C10H12N4O. The summed E-state index contributed by atoms with van der Waals surface area (Å²) in [4.78, 5) is 1.33. The van der Waals surface area contributed by atoms with E-state index in [1.807, 2.05) is 25.1 Å². The van der Waals surface area contributed by atoms with Gasteiger partial charge < -0.3 is 10.3 Å². The van der Waals surface area contributed by atoms with Crippen LogP contribution in [0.2, 0.25) is 0 Å². The number of aryl methyl sites for hydroxylation is 1. The average molecular weight is 204 g/mol. The van der Waals surface area contributed by atoms with Gasteiger partial charge in [0.25, 0.3) is 12.1 Å². The summed E-state index contributed by atoms with van der Waals surface area (Å²) in [7, 11) is 0. The topological polar surface area (TPSA) is 70.0 Å². The fraction of sp³-hybridized carbons (Fsp3) is 0.200. The van der Waals surface area contributed by atoms with Gasteiger partial charge >= 0.3 is 0 Å². The van der Waals surface area contributed by atoms with Crippen molar-refractivity contribution in [2.24, 2.45) is 0 Å². The van der Waals surface area contributed by atoms with Gasteiger partial charge in [0.2, 0.25) is 0 Å². The maximum absolute atomic E-state index is 5.36. The summed E-state index contributed by atoms with van der Waals surface area (Å²) < 4.78 is 4.67. The highest BCUT2D eigenvalue weighted by molar-refractivity contribution is 5.23. The molecule has 15 heavy (non-hydrogen) atoms. The fourth-order valence-corrected chi connectivity index (χ4v) is 1.28. The molecule has 1 aromatic heterocycles. The number of aromatic nitrogens is 2. The van der Waals surface area contributed by atoms with Crippen LogP contribution in [0.3, 0.4) is 0 Å². The lowest BCUT2D eigenvalue weighted by Gasteiger charge is -2.02. The van der Waals surface area contributed by atoms with E-state index in [0.29, 0.717) is 6.54 Å². The minimum absolute atomic E-state index is 0.253. The minimum atomic E-state index is 0.253. The number of nitrogen functional groups attached to an aromatic ring is 1. The predicted octanol–water partition coefficient (Wildman–Crippen LogP) is 1.19. The first-order chi connectivity index (χ1) is 7.24. The molecule has 0 radical (unpaired) electrons. The Morgan fingerprint density at radius 2 is 2.40 bits per heavy atom. The van der Waals surface area contributed by atoms with E-state index in [-0.39, 0.29) is 5.88 Å². The van der Waals surface area contributed by atoms with Crippen LogP contribution in [0.5, 0.6) is 0 Å². The molecule has 0 saturated carbocycles. The molecular weight excluding hydrogens is 192 g/mol. The summed E-state index contributed by atoms with van der Waals surface area (Å²) in [6.45, 7) is 2.60. The Hall–Kier alpha value is -2.04. The Balaban J connectivity index is 1.99. The van der Waals surface area contributed by atoms with Crippen molar-refractivity contribution >= 4 is 5.88 Å². The molecule has 2 N–H and O–H groups in total. The van der Waals surface area contributed by atoms with Gasteiger partial charge in [0.15, 0.2) is 0 Å². The number of anilines is 1. The molecule has 2 aromatic rings. The number of nitrogens with zero attached hydrogens (tertiary/aromatic N) is 3. The average Bonchev–Trinajstić information content (AvgIpc) is 2.62. The maximum Gasteiger partial charge on any atom is 0.265 e. The van der Waals surface area contributed by atoms with Gasteiger partial charge in [-0.1, -0.05) is 34.6 Å². The van der Waals surface area contributed by atoms with Gasteiger partial charge in [-0.2, -0.15) is 0 Å². The number of benzene rings is 1. The summed E-state index contributed by atoms with van der Waals surface area (Å²) >= 11 is 0. The molecule has 0 spiro atoms. The molecule has 0 fully saturated rings.